The van der Waals surface area contributed by atoms with E-state index in [0.717, 1.165) is 17.8 Å². The van der Waals surface area contributed by atoms with Gasteiger partial charge in [0.2, 0.25) is 5.91 Å². The average Bonchev–Trinajstić information content (AvgIpc) is 2.92. The van der Waals surface area contributed by atoms with Gasteiger partial charge in [0.15, 0.2) is 5.82 Å². The molecule has 2 aromatic rings. The SMILES string of the molecule is CCC(C)[C@H](N)C(=O)Nc1cccc(-c2n[nH]c(C)n2)c1. The minimum Gasteiger partial charge on any atom is -0.325 e. The van der Waals surface area contributed by atoms with Crippen LogP contribution in [0, 0.1) is 12.8 Å². The highest BCUT2D eigenvalue weighted by atomic mass is 16.2. The number of carbonyl (C=O) groups is 1. The molecule has 0 bridgehead atoms. The summed E-state index contributed by atoms with van der Waals surface area (Å²) in [5, 5.41) is 9.75. The van der Waals surface area contributed by atoms with Crippen molar-refractivity contribution in [2.45, 2.75) is 33.2 Å². The minimum absolute atomic E-state index is 0.142. The van der Waals surface area contributed by atoms with Crippen LogP contribution >= 0.6 is 0 Å². The molecular weight excluding hydrogens is 266 g/mol. The number of amides is 1. The topological polar surface area (TPSA) is 96.7 Å². The molecule has 0 aliphatic rings. The second-order valence-corrected chi connectivity index (χ2v) is 5.23. The Balaban J connectivity index is 2.13. The molecule has 4 N–H and O–H groups in total. The van der Waals surface area contributed by atoms with E-state index in [4.69, 9.17) is 5.73 Å². The van der Waals surface area contributed by atoms with Gasteiger partial charge in [0.25, 0.3) is 0 Å². The van der Waals surface area contributed by atoms with E-state index in [0.29, 0.717) is 11.5 Å². The van der Waals surface area contributed by atoms with Crippen molar-refractivity contribution in [3.05, 3.63) is 30.1 Å². The van der Waals surface area contributed by atoms with Gasteiger partial charge >= 0.3 is 0 Å². The summed E-state index contributed by atoms with van der Waals surface area (Å²) >= 11 is 0. The Morgan fingerprint density at radius 3 is 2.86 bits per heavy atom. The maximum Gasteiger partial charge on any atom is 0.241 e. The Kier molecular flexibility index (Phi) is 4.70. The van der Waals surface area contributed by atoms with Crippen molar-refractivity contribution in [1.82, 2.24) is 15.2 Å². The van der Waals surface area contributed by atoms with Crippen molar-refractivity contribution in [3.63, 3.8) is 0 Å². The number of aromatic nitrogens is 3. The van der Waals surface area contributed by atoms with Gasteiger partial charge in [-0.05, 0) is 25.0 Å². The Morgan fingerprint density at radius 1 is 1.48 bits per heavy atom. The number of benzene rings is 1. The number of nitrogens with one attached hydrogen (secondary N) is 2. The molecule has 0 radical (unpaired) electrons. The Morgan fingerprint density at radius 2 is 2.24 bits per heavy atom. The molecule has 1 unspecified atom stereocenters. The number of nitrogens with two attached hydrogens (primary N) is 1. The largest absolute Gasteiger partial charge is 0.325 e. The fraction of sp³-hybridized carbons (Fsp3) is 0.400. The van der Waals surface area contributed by atoms with E-state index < -0.39 is 6.04 Å². The van der Waals surface area contributed by atoms with E-state index in [1.165, 1.54) is 0 Å². The lowest BCUT2D eigenvalue weighted by molar-refractivity contribution is -0.118. The summed E-state index contributed by atoms with van der Waals surface area (Å²) < 4.78 is 0. The zero-order chi connectivity index (χ0) is 15.4. The maximum atomic E-state index is 12.1. The lowest BCUT2D eigenvalue weighted by Gasteiger charge is -2.17. The minimum atomic E-state index is -0.510. The van der Waals surface area contributed by atoms with Gasteiger partial charge in [0, 0.05) is 11.3 Å². The second kappa shape index (κ2) is 6.49. The molecule has 112 valence electrons. The second-order valence-electron chi connectivity index (χ2n) is 5.23. The predicted octanol–water partition coefficient (Wildman–Crippen LogP) is 2.09. The molecule has 21 heavy (non-hydrogen) atoms. The molecule has 0 fully saturated rings. The maximum absolute atomic E-state index is 12.1. The highest BCUT2D eigenvalue weighted by Crippen LogP contribution is 2.19. The van der Waals surface area contributed by atoms with Crippen molar-refractivity contribution in [2.75, 3.05) is 5.32 Å². The molecule has 2 rings (SSSR count). The first-order valence-electron chi connectivity index (χ1n) is 7.07. The van der Waals surface area contributed by atoms with Crippen LogP contribution in [-0.2, 0) is 4.79 Å². The predicted molar refractivity (Wildman–Crippen MR) is 82.6 cm³/mol. The van der Waals surface area contributed by atoms with Gasteiger partial charge in [-0.25, -0.2) is 4.98 Å². The van der Waals surface area contributed by atoms with Crippen molar-refractivity contribution in [1.29, 1.82) is 0 Å². The van der Waals surface area contributed by atoms with Gasteiger partial charge in [0.05, 0.1) is 6.04 Å². The van der Waals surface area contributed by atoms with Gasteiger partial charge in [-0.15, -0.1) is 0 Å². The van der Waals surface area contributed by atoms with Crippen LogP contribution in [-0.4, -0.2) is 27.1 Å². The molecule has 0 saturated carbocycles. The molecule has 6 nitrogen and oxygen atoms in total. The van der Waals surface area contributed by atoms with Crippen LogP contribution in [0.25, 0.3) is 11.4 Å². The van der Waals surface area contributed by atoms with Crippen molar-refractivity contribution < 1.29 is 4.79 Å². The molecule has 0 saturated heterocycles. The smallest absolute Gasteiger partial charge is 0.241 e. The summed E-state index contributed by atoms with van der Waals surface area (Å²) in [7, 11) is 0. The summed E-state index contributed by atoms with van der Waals surface area (Å²) in [6.45, 7) is 5.83. The number of nitrogens with zero attached hydrogens (tertiary/aromatic N) is 2. The number of hydrogen-bond donors (Lipinski definition) is 3. The molecule has 1 heterocycles. The Labute approximate surface area is 124 Å². The van der Waals surface area contributed by atoms with Crippen molar-refractivity contribution in [3.8, 4) is 11.4 Å². The van der Waals surface area contributed by atoms with Gasteiger partial charge < -0.3 is 11.1 Å². The normalized spacial score (nSPS) is 13.7. The molecule has 1 aromatic carbocycles. The number of aryl methyl sites for hydroxylation is 1. The zero-order valence-corrected chi connectivity index (χ0v) is 12.6. The third-order valence-corrected chi connectivity index (χ3v) is 3.55. The highest BCUT2D eigenvalue weighted by Gasteiger charge is 2.19. The standard InChI is InChI=1S/C15H21N5O/c1-4-9(2)13(16)15(21)18-12-7-5-6-11(8-12)14-17-10(3)19-20-14/h5-9,13H,4,16H2,1-3H3,(H,18,21)(H,17,19,20)/t9?,13-/m0/s1. The molecule has 1 amide bonds. The fourth-order valence-corrected chi connectivity index (χ4v) is 1.95. The summed E-state index contributed by atoms with van der Waals surface area (Å²) in [5.41, 5.74) is 7.47. The lowest BCUT2D eigenvalue weighted by atomic mass is 9.99. The number of carbonyl (C=O) groups excluding carboxylic acids is 1. The van der Waals surface area contributed by atoms with Crippen LogP contribution in [0.5, 0.6) is 0 Å². The monoisotopic (exact) mass is 287 g/mol. The number of hydrogen-bond acceptors (Lipinski definition) is 4. The van der Waals surface area contributed by atoms with E-state index in [1.54, 1.807) is 0 Å². The van der Waals surface area contributed by atoms with Crippen LogP contribution in [0.2, 0.25) is 0 Å². The van der Waals surface area contributed by atoms with Crippen molar-refractivity contribution >= 4 is 11.6 Å². The summed E-state index contributed by atoms with van der Waals surface area (Å²) in [5.74, 6) is 1.32. The lowest BCUT2D eigenvalue weighted by Crippen LogP contribution is -2.40. The summed E-state index contributed by atoms with van der Waals surface area (Å²) in [4.78, 5) is 16.4. The average molecular weight is 287 g/mol. The number of aromatic amines is 1. The number of rotatable bonds is 5. The Bertz CT molecular complexity index is 622. The first-order valence-corrected chi connectivity index (χ1v) is 7.07. The van der Waals surface area contributed by atoms with Gasteiger partial charge in [-0.2, -0.15) is 5.10 Å². The molecule has 0 aliphatic carbocycles. The third kappa shape index (κ3) is 3.66. The number of anilines is 1. The van der Waals surface area contributed by atoms with E-state index in [9.17, 15) is 4.79 Å². The zero-order valence-electron chi connectivity index (χ0n) is 12.6. The molecular formula is C15H21N5O. The van der Waals surface area contributed by atoms with Crippen LogP contribution < -0.4 is 11.1 Å². The van der Waals surface area contributed by atoms with E-state index in [1.807, 2.05) is 45.0 Å². The van der Waals surface area contributed by atoms with Gasteiger partial charge in [-0.3, -0.25) is 9.89 Å². The summed E-state index contributed by atoms with van der Waals surface area (Å²) in [6.07, 6.45) is 0.866. The molecule has 2 atom stereocenters. The first kappa shape index (κ1) is 15.2. The van der Waals surface area contributed by atoms with E-state index in [2.05, 4.69) is 20.5 Å². The fourth-order valence-electron chi connectivity index (χ4n) is 1.95. The van der Waals surface area contributed by atoms with Crippen LogP contribution in [0.15, 0.2) is 24.3 Å². The van der Waals surface area contributed by atoms with Crippen LogP contribution in [0.1, 0.15) is 26.1 Å². The van der Waals surface area contributed by atoms with Gasteiger partial charge in [-0.1, -0.05) is 32.4 Å². The Hall–Kier alpha value is -2.21. The van der Waals surface area contributed by atoms with E-state index in [-0.39, 0.29) is 11.8 Å². The van der Waals surface area contributed by atoms with Crippen LogP contribution in [0.3, 0.4) is 0 Å². The quantitative estimate of drug-likeness (QED) is 0.784. The van der Waals surface area contributed by atoms with Crippen molar-refractivity contribution in [2.24, 2.45) is 11.7 Å². The van der Waals surface area contributed by atoms with Gasteiger partial charge in [0.1, 0.15) is 5.82 Å². The number of H-pyrrole nitrogens is 1. The third-order valence-electron chi connectivity index (χ3n) is 3.55. The molecule has 0 aliphatic heterocycles. The van der Waals surface area contributed by atoms with E-state index >= 15 is 0 Å². The highest BCUT2D eigenvalue weighted by molar-refractivity contribution is 5.95. The van der Waals surface area contributed by atoms with Crippen LogP contribution in [0.4, 0.5) is 5.69 Å². The molecule has 1 aromatic heterocycles. The first-order chi connectivity index (χ1) is 10.0. The molecule has 0 spiro atoms. The summed E-state index contributed by atoms with van der Waals surface area (Å²) in [6, 6.07) is 6.90. The molecule has 6 heteroatoms.